The molecule has 2 aromatic carbocycles. The smallest absolute Gasteiger partial charge is 0.234 e. The lowest BCUT2D eigenvalue weighted by Crippen LogP contribution is -2.40. The lowest BCUT2D eigenvalue weighted by molar-refractivity contribution is -0.113. The first-order valence-electron chi connectivity index (χ1n) is 11.9. The van der Waals surface area contributed by atoms with E-state index >= 15 is 0 Å². The van der Waals surface area contributed by atoms with Gasteiger partial charge in [0.15, 0.2) is 5.16 Å². The van der Waals surface area contributed by atoms with Crippen LogP contribution in [0.25, 0.3) is 0 Å². The summed E-state index contributed by atoms with van der Waals surface area (Å²) in [5, 5.41) is 3.44. The van der Waals surface area contributed by atoms with Crippen molar-refractivity contribution in [2.75, 3.05) is 73.5 Å². The number of amides is 1. The van der Waals surface area contributed by atoms with E-state index in [4.69, 9.17) is 19.2 Å². The van der Waals surface area contributed by atoms with Crippen molar-refractivity contribution in [1.29, 1.82) is 0 Å². The van der Waals surface area contributed by atoms with Crippen LogP contribution in [0.2, 0.25) is 0 Å². The van der Waals surface area contributed by atoms with Gasteiger partial charge in [-0.05, 0) is 36.4 Å². The summed E-state index contributed by atoms with van der Waals surface area (Å²) >= 11 is 1.29. The highest BCUT2D eigenvalue weighted by molar-refractivity contribution is 7.99. The fourth-order valence-electron chi connectivity index (χ4n) is 3.77. The van der Waals surface area contributed by atoms with Gasteiger partial charge in [-0.25, -0.2) is 0 Å². The molecule has 0 bridgehead atoms. The predicted molar refractivity (Wildman–Crippen MR) is 138 cm³/mol. The van der Waals surface area contributed by atoms with Crippen LogP contribution in [0.15, 0.2) is 59.8 Å². The third-order valence-corrected chi connectivity index (χ3v) is 6.48. The van der Waals surface area contributed by atoms with Crippen molar-refractivity contribution in [3.8, 4) is 11.5 Å². The van der Waals surface area contributed by atoms with Crippen molar-refractivity contribution in [2.24, 2.45) is 0 Å². The second-order valence-electron chi connectivity index (χ2n) is 8.19. The molecule has 0 atom stereocenters. The van der Waals surface area contributed by atoms with Gasteiger partial charge in [-0.3, -0.25) is 4.79 Å². The number of aromatic nitrogens is 3. The number of nitrogens with one attached hydrogen (secondary N) is 1. The van der Waals surface area contributed by atoms with Gasteiger partial charge in [0.2, 0.25) is 17.8 Å². The first kappa shape index (κ1) is 24.3. The highest BCUT2D eigenvalue weighted by Gasteiger charge is 2.21. The zero-order valence-electron chi connectivity index (χ0n) is 19.8. The van der Waals surface area contributed by atoms with Gasteiger partial charge < -0.3 is 29.3 Å². The molecule has 0 spiro atoms. The van der Waals surface area contributed by atoms with Crippen molar-refractivity contribution in [3.05, 3.63) is 54.6 Å². The topological polar surface area (TPSA) is 102 Å². The molecule has 10 nitrogen and oxygen atoms in total. The fraction of sp³-hybridized carbons (Fsp3) is 0.360. The Morgan fingerprint density at radius 2 is 1.36 bits per heavy atom. The van der Waals surface area contributed by atoms with E-state index < -0.39 is 0 Å². The third kappa shape index (κ3) is 6.62. The van der Waals surface area contributed by atoms with E-state index in [-0.39, 0.29) is 11.7 Å². The van der Waals surface area contributed by atoms with E-state index in [1.54, 1.807) is 0 Å². The number of hydrogen-bond acceptors (Lipinski definition) is 10. The van der Waals surface area contributed by atoms with E-state index in [2.05, 4.69) is 25.1 Å². The maximum Gasteiger partial charge on any atom is 0.234 e. The Morgan fingerprint density at radius 1 is 0.806 bits per heavy atom. The summed E-state index contributed by atoms with van der Waals surface area (Å²) in [4.78, 5) is 30.8. The number of nitrogens with zero attached hydrogens (tertiary/aromatic N) is 5. The molecule has 11 heteroatoms. The van der Waals surface area contributed by atoms with E-state index in [9.17, 15) is 4.79 Å². The van der Waals surface area contributed by atoms with E-state index in [0.717, 1.165) is 31.9 Å². The fourth-order valence-corrected chi connectivity index (χ4v) is 4.39. The van der Waals surface area contributed by atoms with Crippen molar-refractivity contribution in [3.63, 3.8) is 0 Å². The van der Waals surface area contributed by atoms with Gasteiger partial charge in [0, 0.05) is 31.9 Å². The van der Waals surface area contributed by atoms with Crippen LogP contribution in [0.1, 0.15) is 0 Å². The molecule has 1 N–H and O–H groups in total. The number of carbonyl (C=O) groups excluding carboxylic acids is 1. The van der Waals surface area contributed by atoms with Gasteiger partial charge in [-0.15, -0.1) is 0 Å². The molecule has 0 aliphatic carbocycles. The Morgan fingerprint density at radius 3 is 1.94 bits per heavy atom. The Bertz CT molecular complexity index is 1100. The van der Waals surface area contributed by atoms with Gasteiger partial charge >= 0.3 is 0 Å². The van der Waals surface area contributed by atoms with Gasteiger partial charge in [0.05, 0.1) is 32.2 Å². The Kier molecular flexibility index (Phi) is 8.11. The lowest BCUT2D eigenvalue weighted by atomic mass is 10.3. The van der Waals surface area contributed by atoms with E-state index in [0.29, 0.717) is 54.9 Å². The molecule has 0 saturated carbocycles. The molecular weight excluding hydrogens is 480 g/mol. The van der Waals surface area contributed by atoms with Crippen molar-refractivity contribution in [1.82, 2.24) is 15.0 Å². The van der Waals surface area contributed by atoms with Gasteiger partial charge in [0.1, 0.15) is 11.5 Å². The zero-order chi connectivity index (χ0) is 24.6. The standard InChI is InChI=1S/C25H28N6O4S/c32-22(26-19-6-8-21(9-7-19)35-20-4-2-1-3-5-20)18-36-25-28-23(30-10-14-33-15-11-30)27-24(29-25)31-12-16-34-17-13-31/h1-9H,10-18H2,(H,26,32). The van der Waals surface area contributed by atoms with Crippen LogP contribution in [-0.4, -0.2) is 79.2 Å². The van der Waals surface area contributed by atoms with Crippen molar-refractivity contribution < 1.29 is 19.0 Å². The summed E-state index contributed by atoms with van der Waals surface area (Å²) in [5.74, 6) is 2.73. The third-order valence-electron chi connectivity index (χ3n) is 5.63. The molecule has 5 rings (SSSR count). The minimum atomic E-state index is -0.141. The summed E-state index contributed by atoms with van der Waals surface area (Å²) in [6, 6.07) is 16.8. The van der Waals surface area contributed by atoms with Gasteiger partial charge in [0.25, 0.3) is 0 Å². The second kappa shape index (κ2) is 12.0. The second-order valence-corrected chi connectivity index (χ2v) is 9.14. The summed E-state index contributed by atoms with van der Waals surface area (Å²) in [5.41, 5.74) is 0.694. The van der Waals surface area contributed by atoms with Crippen LogP contribution in [0, 0.1) is 0 Å². The number of hydrogen-bond donors (Lipinski definition) is 1. The molecule has 1 amide bonds. The molecular formula is C25H28N6O4S. The molecule has 2 aliphatic rings. The highest BCUT2D eigenvalue weighted by Crippen LogP contribution is 2.24. The van der Waals surface area contributed by atoms with Crippen LogP contribution in [0.4, 0.5) is 17.6 Å². The minimum Gasteiger partial charge on any atom is -0.457 e. The van der Waals surface area contributed by atoms with Crippen molar-refractivity contribution in [2.45, 2.75) is 5.16 Å². The summed E-state index contributed by atoms with van der Waals surface area (Å²) < 4.78 is 16.7. The normalized spacial score (nSPS) is 16.0. The molecule has 2 saturated heterocycles. The van der Waals surface area contributed by atoms with Crippen LogP contribution in [0.3, 0.4) is 0 Å². The average molecular weight is 509 g/mol. The molecule has 188 valence electrons. The number of morpholine rings is 2. The maximum atomic E-state index is 12.6. The number of para-hydroxylation sites is 1. The molecule has 1 aromatic heterocycles. The van der Waals surface area contributed by atoms with Crippen LogP contribution in [-0.2, 0) is 14.3 Å². The first-order valence-corrected chi connectivity index (χ1v) is 12.9. The zero-order valence-corrected chi connectivity index (χ0v) is 20.7. The number of ether oxygens (including phenoxy) is 3. The Hall–Kier alpha value is -3.41. The van der Waals surface area contributed by atoms with Crippen LogP contribution in [0.5, 0.6) is 11.5 Å². The summed E-state index contributed by atoms with van der Waals surface area (Å²) in [6.45, 7) is 5.44. The van der Waals surface area contributed by atoms with E-state index in [1.807, 2.05) is 54.6 Å². The molecule has 3 heterocycles. The monoisotopic (exact) mass is 508 g/mol. The first-order chi connectivity index (χ1) is 17.7. The number of thioether (sulfide) groups is 1. The molecule has 2 fully saturated rings. The van der Waals surface area contributed by atoms with Crippen molar-refractivity contribution >= 4 is 35.3 Å². The number of rotatable bonds is 8. The molecule has 0 radical (unpaired) electrons. The number of benzene rings is 2. The maximum absolute atomic E-state index is 12.6. The minimum absolute atomic E-state index is 0.141. The van der Waals surface area contributed by atoms with Gasteiger partial charge in [-0.2, -0.15) is 15.0 Å². The van der Waals surface area contributed by atoms with Gasteiger partial charge in [-0.1, -0.05) is 30.0 Å². The Labute approximate surface area is 214 Å². The molecule has 2 aliphatic heterocycles. The number of anilines is 3. The molecule has 0 unspecified atom stereocenters. The molecule has 36 heavy (non-hydrogen) atoms. The number of carbonyl (C=O) groups is 1. The lowest BCUT2D eigenvalue weighted by Gasteiger charge is -2.30. The summed E-state index contributed by atoms with van der Waals surface area (Å²) in [6.07, 6.45) is 0. The largest absolute Gasteiger partial charge is 0.457 e. The SMILES string of the molecule is O=C(CSc1nc(N2CCOCC2)nc(N2CCOCC2)n1)Nc1ccc(Oc2ccccc2)cc1. The quantitative estimate of drug-likeness (QED) is 0.457. The average Bonchev–Trinajstić information content (AvgIpc) is 2.94. The van der Waals surface area contributed by atoms with E-state index in [1.165, 1.54) is 11.8 Å². The van der Waals surface area contributed by atoms with Crippen LogP contribution >= 0.6 is 11.8 Å². The molecule has 3 aromatic rings. The Balaban J connectivity index is 1.21. The predicted octanol–water partition coefficient (Wildman–Crippen LogP) is 3.07. The van der Waals surface area contributed by atoms with Crippen LogP contribution < -0.4 is 19.9 Å². The summed E-state index contributed by atoms with van der Waals surface area (Å²) in [7, 11) is 0. The highest BCUT2D eigenvalue weighted by atomic mass is 32.2.